The van der Waals surface area contributed by atoms with Gasteiger partial charge in [-0.05, 0) is 25.5 Å². The van der Waals surface area contributed by atoms with Crippen LogP contribution < -0.4 is 15.4 Å². The van der Waals surface area contributed by atoms with E-state index < -0.39 is 23.9 Å². The van der Waals surface area contributed by atoms with Crippen LogP contribution >= 0.6 is 0 Å². The molecule has 21 heavy (non-hydrogen) atoms. The Morgan fingerprint density at radius 3 is 2.62 bits per heavy atom. The number of urea groups is 1. The van der Waals surface area contributed by atoms with E-state index in [9.17, 15) is 14.0 Å². The average molecular weight is 298 g/mol. The molecule has 0 saturated heterocycles. The zero-order valence-corrected chi connectivity index (χ0v) is 12.0. The van der Waals surface area contributed by atoms with Gasteiger partial charge in [0, 0.05) is 11.8 Å². The molecule has 3 N–H and O–H groups in total. The summed E-state index contributed by atoms with van der Waals surface area (Å²) in [6.45, 7) is 3.89. The van der Waals surface area contributed by atoms with Crippen molar-refractivity contribution in [1.82, 2.24) is 5.32 Å². The molecule has 0 aromatic heterocycles. The van der Waals surface area contributed by atoms with Crippen LogP contribution in [0, 0.1) is 5.82 Å². The van der Waals surface area contributed by atoms with Crippen LogP contribution in [0.1, 0.15) is 26.7 Å². The lowest BCUT2D eigenvalue weighted by Gasteiger charge is -2.14. The molecule has 116 valence electrons. The Kier molecular flexibility index (Phi) is 6.45. The maximum atomic E-state index is 13.6. The highest BCUT2D eigenvalue weighted by Crippen LogP contribution is 2.21. The molecule has 7 heteroatoms. The number of carbonyl (C=O) groups is 2. The first-order valence-electron chi connectivity index (χ1n) is 6.70. The molecule has 0 aliphatic heterocycles. The molecule has 1 atom stereocenters. The lowest BCUT2D eigenvalue weighted by Crippen LogP contribution is -2.42. The van der Waals surface area contributed by atoms with Crippen molar-refractivity contribution >= 4 is 17.7 Å². The second-order valence-electron chi connectivity index (χ2n) is 4.36. The number of carboxylic acids is 1. The third-order valence-corrected chi connectivity index (χ3v) is 2.67. The molecule has 0 spiro atoms. The molecule has 6 nitrogen and oxygen atoms in total. The van der Waals surface area contributed by atoms with Gasteiger partial charge in [-0.1, -0.05) is 13.3 Å². The van der Waals surface area contributed by atoms with Crippen LogP contribution in [0.15, 0.2) is 18.2 Å². The highest BCUT2D eigenvalue weighted by atomic mass is 19.1. The van der Waals surface area contributed by atoms with Crippen molar-refractivity contribution < 1.29 is 23.8 Å². The number of aliphatic carboxylic acids is 1. The molecule has 0 unspecified atom stereocenters. The summed E-state index contributed by atoms with van der Waals surface area (Å²) < 4.78 is 18.7. The lowest BCUT2D eigenvalue weighted by molar-refractivity contribution is -0.139. The number of anilines is 1. The van der Waals surface area contributed by atoms with E-state index in [4.69, 9.17) is 9.84 Å². The Bertz CT molecular complexity index is 508. The number of rotatable bonds is 7. The third kappa shape index (κ3) is 5.29. The van der Waals surface area contributed by atoms with Crippen LogP contribution in [0.3, 0.4) is 0 Å². The summed E-state index contributed by atoms with van der Waals surface area (Å²) in [6, 6.07) is 2.32. The minimum Gasteiger partial charge on any atom is -0.491 e. The maximum absolute atomic E-state index is 13.6. The molecule has 0 bridgehead atoms. The molecule has 1 rings (SSSR count). The van der Waals surface area contributed by atoms with Crippen molar-refractivity contribution in [3.05, 3.63) is 24.0 Å². The summed E-state index contributed by atoms with van der Waals surface area (Å²) >= 11 is 0. The molecule has 0 saturated carbocycles. The normalized spacial score (nSPS) is 11.6. The largest absolute Gasteiger partial charge is 0.491 e. The fourth-order valence-electron chi connectivity index (χ4n) is 1.72. The first kappa shape index (κ1) is 16.7. The molecule has 0 aliphatic rings. The van der Waals surface area contributed by atoms with Crippen molar-refractivity contribution in [2.24, 2.45) is 0 Å². The van der Waals surface area contributed by atoms with Crippen molar-refractivity contribution in [3.8, 4) is 5.75 Å². The van der Waals surface area contributed by atoms with E-state index in [0.717, 1.165) is 6.07 Å². The molecule has 0 heterocycles. The van der Waals surface area contributed by atoms with Gasteiger partial charge in [0.2, 0.25) is 0 Å². The van der Waals surface area contributed by atoms with Crippen LogP contribution in [0.4, 0.5) is 14.9 Å². The fraction of sp³-hybridized carbons (Fsp3) is 0.429. The Labute approximate surface area is 122 Å². The Morgan fingerprint density at radius 1 is 1.38 bits per heavy atom. The monoisotopic (exact) mass is 298 g/mol. The van der Waals surface area contributed by atoms with Gasteiger partial charge >= 0.3 is 12.0 Å². The zero-order chi connectivity index (χ0) is 15.8. The second kappa shape index (κ2) is 8.08. The van der Waals surface area contributed by atoms with Crippen molar-refractivity contribution in [1.29, 1.82) is 0 Å². The molecule has 1 aromatic carbocycles. The standard InChI is InChI=1S/C14H19FN2O4/c1-3-5-11(13(18)19)17-14(20)16-9-6-7-12(21-4-2)10(15)8-9/h6-8,11H,3-5H2,1-2H3,(H,18,19)(H2,16,17,20)/t11-/m0/s1. The number of carbonyl (C=O) groups excluding carboxylic acids is 1. The van der Waals surface area contributed by atoms with E-state index >= 15 is 0 Å². The molecule has 1 aromatic rings. The number of carboxylic acid groups (broad SMARTS) is 1. The minimum absolute atomic E-state index is 0.0952. The number of amides is 2. The number of nitrogens with one attached hydrogen (secondary N) is 2. The van der Waals surface area contributed by atoms with Gasteiger partial charge in [0.25, 0.3) is 0 Å². The third-order valence-electron chi connectivity index (χ3n) is 2.67. The summed E-state index contributed by atoms with van der Waals surface area (Å²) in [5, 5.41) is 13.6. The second-order valence-corrected chi connectivity index (χ2v) is 4.36. The van der Waals surface area contributed by atoms with Crippen LogP contribution in [0.2, 0.25) is 0 Å². The Balaban J connectivity index is 2.66. The smallest absolute Gasteiger partial charge is 0.326 e. The molecular weight excluding hydrogens is 279 g/mol. The number of ether oxygens (including phenoxy) is 1. The number of halogens is 1. The quantitative estimate of drug-likeness (QED) is 0.722. The molecular formula is C14H19FN2O4. The van der Waals surface area contributed by atoms with Crippen molar-refractivity contribution in [3.63, 3.8) is 0 Å². The van der Waals surface area contributed by atoms with Gasteiger partial charge in [-0.25, -0.2) is 14.0 Å². The first-order valence-corrected chi connectivity index (χ1v) is 6.70. The number of hydrogen-bond donors (Lipinski definition) is 3. The molecule has 0 aliphatic carbocycles. The number of hydrogen-bond acceptors (Lipinski definition) is 3. The summed E-state index contributed by atoms with van der Waals surface area (Å²) in [4.78, 5) is 22.6. The Morgan fingerprint density at radius 2 is 2.10 bits per heavy atom. The topological polar surface area (TPSA) is 87.7 Å². The molecule has 0 radical (unpaired) electrons. The van der Waals surface area contributed by atoms with Crippen LogP contribution in [0.25, 0.3) is 0 Å². The van der Waals surface area contributed by atoms with E-state index in [1.54, 1.807) is 6.92 Å². The fourth-order valence-corrected chi connectivity index (χ4v) is 1.72. The molecule has 2 amide bonds. The predicted molar refractivity (Wildman–Crippen MR) is 76.1 cm³/mol. The van der Waals surface area contributed by atoms with Gasteiger partial charge in [0.05, 0.1) is 6.61 Å². The van der Waals surface area contributed by atoms with E-state index in [1.165, 1.54) is 12.1 Å². The average Bonchev–Trinajstić information content (AvgIpc) is 2.41. The highest BCUT2D eigenvalue weighted by molar-refractivity contribution is 5.92. The SMILES string of the molecule is CCC[C@H](NC(=O)Nc1ccc(OCC)c(F)c1)C(=O)O. The van der Waals surface area contributed by atoms with Crippen LogP contribution in [-0.2, 0) is 4.79 Å². The van der Waals surface area contributed by atoms with E-state index in [0.29, 0.717) is 19.4 Å². The molecule has 0 fully saturated rings. The van der Waals surface area contributed by atoms with Crippen molar-refractivity contribution in [2.75, 3.05) is 11.9 Å². The van der Waals surface area contributed by atoms with Gasteiger partial charge < -0.3 is 20.5 Å². The van der Waals surface area contributed by atoms with Gasteiger partial charge in [0.15, 0.2) is 11.6 Å². The Hall–Kier alpha value is -2.31. The zero-order valence-electron chi connectivity index (χ0n) is 12.0. The summed E-state index contributed by atoms with van der Waals surface area (Å²) in [6.07, 6.45) is 0.940. The van der Waals surface area contributed by atoms with Crippen molar-refractivity contribution in [2.45, 2.75) is 32.7 Å². The van der Waals surface area contributed by atoms with Gasteiger partial charge in [-0.2, -0.15) is 0 Å². The maximum Gasteiger partial charge on any atom is 0.326 e. The first-order chi connectivity index (χ1) is 9.97. The van der Waals surface area contributed by atoms with Gasteiger partial charge in [0.1, 0.15) is 6.04 Å². The van der Waals surface area contributed by atoms with E-state index in [1.807, 2.05) is 6.92 Å². The van der Waals surface area contributed by atoms with Gasteiger partial charge in [-0.15, -0.1) is 0 Å². The lowest BCUT2D eigenvalue weighted by atomic mass is 10.2. The predicted octanol–water partition coefficient (Wildman–Crippen LogP) is 2.60. The van der Waals surface area contributed by atoms with E-state index in [-0.39, 0.29) is 11.4 Å². The van der Waals surface area contributed by atoms with E-state index in [2.05, 4.69) is 10.6 Å². The number of benzene rings is 1. The summed E-state index contributed by atoms with van der Waals surface area (Å²) in [5.74, 6) is -1.61. The minimum atomic E-state index is -1.11. The van der Waals surface area contributed by atoms with Gasteiger partial charge in [-0.3, -0.25) is 0 Å². The van der Waals surface area contributed by atoms with Crippen LogP contribution in [-0.4, -0.2) is 29.8 Å². The highest BCUT2D eigenvalue weighted by Gasteiger charge is 2.18. The van der Waals surface area contributed by atoms with Crippen LogP contribution in [0.5, 0.6) is 5.75 Å². The summed E-state index contributed by atoms with van der Waals surface area (Å²) in [5.41, 5.74) is 0.217. The summed E-state index contributed by atoms with van der Waals surface area (Å²) in [7, 11) is 0.